The normalized spacial score (nSPS) is 12.6. The van der Waals surface area contributed by atoms with E-state index in [0.29, 0.717) is 41.8 Å². The number of fused-ring (bicyclic) bond motifs is 1. The second-order valence-electron chi connectivity index (χ2n) is 6.60. The van der Waals surface area contributed by atoms with E-state index in [2.05, 4.69) is 20.3 Å². The standard InChI is InChI=1S/C21H20N4O6/c1-14(15-6-7-17-18(10-15)29-13-28-17)24-30-12-20(26)27-9-3-5-19-23-21(25-31-19)16-4-2-8-22-11-16/h2,4,6-8,10-11H,3,5,9,12-13H2,1H3/b24-14-. The third kappa shape index (κ3) is 5.35. The topological polar surface area (TPSA) is 118 Å². The van der Waals surface area contributed by atoms with Crippen LogP contribution in [0.15, 0.2) is 52.4 Å². The summed E-state index contributed by atoms with van der Waals surface area (Å²) in [6.45, 7) is 1.90. The van der Waals surface area contributed by atoms with E-state index in [1.807, 2.05) is 12.1 Å². The highest BCUT2D eigenvalue weighted by molar-refractivity contribution is 5.99. The maximum atomic E-state index is 11.8. The number of pyridine rings is 1. The number of rotatable bonds is 9. The molecular formula is C21H20N4O6. The summed E-state index contributed by atoms with van der Waals surface area (Å²) in [6, 6.07) is 9.09. The van der Waals surface area contributed by atoms with Gasteiger partial charge in [0.05, 0.1) is 12.3 Å². The molecule has 0 N–H and O–H groups in total. The van der Waals surface area contributed by atoms with Gasteiger partial charge in [-0.2, -0.15) is 4.98 Å². The molecule has 0 saturated heterocycles. The smallest absolute Gasteiger partial charge is 0.347 e. The fraction of sp³-hybridized carbons (Fsp3) is 0.286. The number of hydrogen-bond donors (Lipinski definition) is 0. The van der Waals surface area contributed by atoms with Gasteiger partial charge < -0.3 is 23.6 Å². The summed E-state index contributed by atoms with van der Waals surface area (Å²) in [7, 11) is 0. The van der Waals surface area contributed by atoms with E-state index in [4.69, 9.17) is 23.6 Å². The first-order valence-electron chi connectivity index (χ1n) is 9.64. The molecule has 0 atom stereocenters. The Morgan fingerprint density at radius 3 is 3.00 bits per heavy atom. The van der Waals surface area contributed by atoms with E-state index in [0.717, 1.165) is 11.1 Å². The summed E-state index contributed by atoms with van der Waals surface area (Å²) in [6.07, 6.45) is 4.36. The lowest BCUT2D eigenvalue weighted by atomic mass is 10.1. The molecule has 10 nitrogen and oxygen atoms in total. The van der Waals surface area contributed by atoms with Crippen molar-refractivity contribution < 1.29 is 28.4 Å². The Morgan fingerprint density at radius 2 is 2.13 bits per heavy atom. The van der Waals surface area contributed by atoms with Crippen molar-refractivity contribution >= 4 is 11.7 Å². The first kappa shape index (κ1) is 20.3. The van der Waals surface area contributed by atoms with Gasteiger partial charge in [-0.15, -0.1) is 0 Å². The van der Waals surface area contributed by atoms with Gasteiger partial charge in [0.25, 0.3) is 0 Å². The first-order valence-corrected chi connectivity index (χ1v) is 9.64. The van der Waals surface area contributed by atoms with Crippen LogP contribution in [0.4, 0.5) is 0 Å². The number of benzene rings is 1. The van der Waals surface area contributed by atoms with Crippen LogP contribution >= 0.6 is 0 Å². The quantitative estimate of drug-likeness (QED) is 0.221. The summed E-state index contributed by atoms with van der Waals surface area (Å²) in [5, 5.41) is 7.87. The van der Waals surface area contributed by atoms with Gasteiger partial charge in [0, 0.05) is 29.9 Å². The summed E-state index contributed by atoms with van der Waals surface area (Å²) in [4.78, 5) is 25.2. The summed E-state index contributed by atoms with van der Waals surface area (Å²) in [5.41, 5.74) is 2.19. The highest BCUT2D eigenvalue weighted by Crippen LogP contribution is 2.32. The molecule has 0 saturated carbocycles. The molecule has 3 heterocycles. The largest absolute Gasteiger partial charge is 0.463 e. The van der Waals surface area contributed by atoms with E-state index in [1.54, 1.807) is 37.5 Å². The van der Waals surface area contributed by atoms with E-state index >= 15 is 0 Å². The lowest BCUT2D eigenvalue weighted by molar-refractivity contribution is -0.149. The van der Waals surface area contributed by atoms with E-state index in [9.17, 15) is 4.79 Å². The molecule has 1 aromatic carbocycles. The maximum absolute atomic E-state index is 11.8. The van der Waals surface area contributed by atoms with Crippen molar-refractivity contribution in [2.45, 2.75) is 19.8 Å². The zero-order valence-corrected chi connectivity index (χ0v) is 16.8. The summed E-state index contributed by atoms with van der Waals surface area (Å²) < 4.78 is 20.9. The molecular weight excluding hydrogens is 404 g/mol. The van der Waals surface area contributed by atoms with Gasteiger partial charge in [0.1, 0.15) is 0 Å². The lowest BCUT2D eigenvalue weighted by Gasteiger charge is -2.05. The van der Waals surface area contributed by atoms with Crippen molar-refractivity contribution in [1.29, 1.82) is 0 Å². The predicted molar refractivity (Wildman–Crippen MR) is 108 cm³/mol. The van der Waals surface area contributed by atoms with Gasteiger partial charge in [-0.3, -0.25) is 4.98 Å². The van der Waals surface area contributed by atoms with Crippen LogP contribution in [0.25, 0.3) is 11.4 Å². The number of aryl methyl sites for hydroxylation is 1. The van der Waals surface area contributed by atoms with Crippen LogP contribution in [0.5, 0.6) is 11.5 Å². The van der Waals surface area contributed by atoms with Crippen molar-refractivity contribution in [2.24, 2.45) is 5.16 Å². The molecule has 0 bridgehead atoms. The highest BCUT2D eigenvalue weighted by atomic mass is 16.7. The van der Waals surface area contributed by atoms with E-state index in [1.165, 1.54) is 0 Å². The van der Waals surface area contributed by atoms with Crippen LogP contribution < -0.4 is 9.47 Å². The van der Waals surface area contributed by atoms with Crippen molar-refractivity contribution in [3.8, 4) is 22.9 Å². The van der Waals surface area contributed by atoms with Gasteiger partial charge in [0.2, 0.25) is 25.1 Å². The molecule has 0 unspecified atom stereocenters. The summed E-state index contributed by atoms with van der Waals surface area (Å²) in [5.74, 6) is 1.78. The molecule has 1 aliphatic rings. The second kappa shape index (κ2) is 9.70. The minimum Gasteiger partial charge on any atom is -0.463 e. The van der Waals surface area contributed by atoms with Crippen LogP contribution in [-0.2, 0) is 20.8 Å². The first-order chi connectivity index (χ1) is 15.2. The molecule has 3 aromatic rings. The molecule has 0 radical (unpaired) electrons. The zero-order valence-electron chi connectivity index (χ0n) is 16.8. The fourth-order valence-electron chi connectivity index (χ4n) is 2.78. The van der Waals surface area contributed by atoms with E-state index < -0.39 is 5.97 Å². The van der Waals surface area contributed by atoms with Gasteiger partial charge in [-0.25, -0.2) is 4.79 Å². The maximum Gasteiger partial charge on any atom is 0.347 e. The van der Waals surface area contributed by atoms with Crippen molar-refractivity contribution in [2.75, 3.05) is 20.0 Å². The number of aromatic nitrogens is 3. The zero-order chi connectivity index (χ0) is 21.5. The molecule has 0 spiro atoms. The van der Waals surface area contributed by atoms with Gasteiger partial charge >= 0.3 is 5.97 Å². The molecule has 0 aliphatic carbocycles. The Balaban J connectivity index is 1.16. The lowest BCUT2D eigenvalue weighted by Crippen LogP contribution is -2.12. The Labute approximate surface area is 177 Å². The Kier molecular flexibility index (Phi) is 6.36. The van der Waals surface area contributed by atoms with Crippen LogP contribution in [0, 0.1) is 0 Å². The van der Waals surface area contributed by atoms with Crippen molar-refractivity contribution in [3.05, 3.63) is 54.2 Å². The minimum atomic E-state index is -0.510. The fourth-order valence-corrected chi connectivity index (χ4v) is 2.78. The van der Waals surface area contributed by atoms with Crippen LogP contribution in [-0.4, -0.2) is 46.8 Å². The number of ether oxygens (including phenoxy) is 3. The van der Waals surface area contributed by atoms with Gasteiger partial charge in [-0.05, 0) is 43.7 Å². The number of carbonyl (C=O) groups excluding carboxylic acids is 1. The highest BCUT2D eigenvalue weighted by Gasteiger charge is 2.14. The number of esters is 1. The molecule has 31 heavy (non-hydrogen) atoms. The second-order valence-corrected chi connectivity index (χ2v) is 6.60. The number of carbonyl (C=O) groups is 1. The predicted octanol–water partition coefficient (Wildman–Crippen LogP) is 2.78. The van der Waals surface area contributed by atoms with Crippen LogP contribution in [0.3, 0.4) is 0 Å². The Morgan fingerprint density at radius 1 is 1.23 bits per heavy atom. The van der Waals surface area contributed by atoms with Gasteiger partial charge in [-0.1, -0.05) is 10.3 Å². The average Bonchev–Trinajstić information content (AvgIpc) is 3.46. The van der Waals surface area contributed by atoms with Crippen LogP contribution in [0.1, 0.15) is 24.8 Å². The third-order valence-electron chi connectivity index (χ3n) is 4.36. The van der Waals surface area contributed by atoms with Crippen LogP contribution in [0.2, 0.25) is 0 Å². The van der Waals surface area contributed by atoms with Gasteiger partial charge in [0.15, 0.2) is 11.5 Å². The molecule has 2 aromatic heterocycles. The average molecular weight is 424 g/mol. The Hall–Kier alpha value is -3.95. The molecule has 1 aliphatic heterocycles. The molecule has 0 fully saturated rings. The molecule has 0 amide bonds. The van der Waals surface area contributed by atoms with Crippen molar-refractivity contribution in [3.63, 3.8) is 0 Å². The van der Waals surface area contributed by atoms with E-state index in [-0.39, 0.29) is 20.0 Å². The molecule has 10 heteroatoms. The Bertz CT molecular complexity index is 1070. The molecule has 160 valence electrons. The monoisotopic (exact) mass is 424 g/mol. The number of hydrogen-bond acceptors (Lipinski definition) is 10. The summed E-state index contributed by atoms with van der Waals surface area (Å²) >= 11 is 0. The number of oxime groups is 1. The number of nitrogens with zero attached hydrogens (tertiary/aromatic N) is 4. The van der Waals surface area contributed by atoms with Crippen molar-refractivity contribution in [1.82, 2.24) is 15.1 Å². The SMILES string of the molecule is C/C(=N/OCC(=O)OCCCc1nc(-c2cccnc2)no1)c1ccc2c(c1)OCO2. The molecule has 4 rings (SSSR count). The minimum absolute atomic E-state index is 0.204. The third-order valence-corrected chi connectivity index (χ3v) is 4.36.